The van der Waals surface area contributed by atoms with Gasteiger partial charge in [0.05, 0.1) is 0 Å². The summed E-state index contributed by atoms with van der Waals surface area (Å²) >= 11 is 0. The van der Waals surface area contributed by atoms with E-state index >= 15 is 0 Å². The maximum Gasteiger partial charge on any atom is 0.0370 e. The lowest BCUT2D eigenvalue weighted by Gasteiger charge is -2.32. The van der Waals surface area contributed by atoms with E-state index in [2.05, 4.69) is 24.0 Å². The van der Waals surface area contributed by atoms with Crippen LogP contribution in [0.25, 0.3) is 0 Å². The minimum Gasteiger partial charge on any atom is -0.399 e. The summed E-state index contributed by atoms with van der Waals surface area (Å²) in [5.41, 5.74) is 8.00. The smallest absolute Gasteiger partial charge is 0.0370 e. The Bertz CT molecular complexity index is 345. The fraction of sp³-hybridized carbons (Fsp3) is 0.625. The second-order valence-corrected chi connectivity index (χ2v) is 5.43. The highest BCUT2D eigenvalue weighted by Gasteiger charge is 2.20. The van der Waals surface area contributed by atoms with Crippen LogP contribution in [0.2, 0.25) is 0 Å². The topological polar surface area (TPSA) is 29.3 Å². The summed E-state index contributed by atoms with van der Waals surface area (Å²) in [5.74, 6) is 0. The summed E-state index contributed by atoms with van der Waals surface area (Å²) in [4.78, 5) is 2.61. The van der Waals surface area contributed by atoms with Crippen molar-refractivity contribution in [3.05, 3.63) is 24.3 Å². The van der Waals surface area contributed by atoms with Gasteiger partial charge in [0.15, 0.2) is 0 Å². The molecule has 0 bridgehead atoms. The molecule has 100 valence electrons. The molecule has 1 aliphatic heterocycles. The average molecular weight is 246 g/mol. The van der Waals surface area contributed by atoms with Crippen molar-refractivity contribution in [2.24, 2.45) is 0 Å². The van der Waals surface area contributed by atoms with Gasteiger partial charge in [0, 0.05) is 24.0 Å². The van der Waals surface area contributed by atoms with Crippen LogP contribution in [-0.2, 0) is 0 Å². The molecule has 0 saturated carbocycles. The molecule has 0 radical (unpaired) electrons. The van der Waals surface area contributed by atoms with E-state index in [0.717, 1.165) is 11.7 Å². The van der Waals surface area contributed by atoms with Gasteiger partial charge in [0.1, 0.15) is 0 Å². The van der Waals surface area contributed by atoms with Crippen molar-refractivity contribution in [2.45, 2.75) is 57.9 Å². The summed E-state index contributed by atoms with van der Waals surface area (Å²) in [6, 6.07) is 9.14. The summed E-state index contributed by atoms with van der Waals surface area (Å²) in [6.45, 7) is 3.49. The first-order chi connectivity index (χ1) is 8.81. The molecular weight excluding hydrogens is 220 g/mol. The maximum atomic E-state index is 5.78. The molecule has 2 nitrogen and oxygen atoms in total. The summed E-state index contributed by atoms with van der Waals surface area (Å²) < 4.78 is 0. The lowest BCUT2D eigenvalue weighted by Crippen LogP contribution is -2.34. The van der Waals surface area contributed by atoms with Gasteiger partial charge in [0.2, 0.25) is 0 Å². The Labute approximate surface area is 111 Å². The number of nitrogen functional groups attached to an aromatic ring is 1. The van der Waals surface area contributed by atoms with Gasteiger partial charge < -0.3 is 10.6 Å². The molecule has 2 rings (SSSR count). The fourth-order valence-electron chi connectivity index (χ4n) is 2.92. The van der Waals surface area contributed by atoms with Crippen LogP contribution in [0.1, 0.15) is 51.9 Å². The lowest BCUT2D eigenvalue weighted by atomic mass is 10.0. The van der Waals surface area contributed by atoms with Gasteiger partial charge in [-0.05, 0) is 43.5 Å². The molecule has 18 heavy (non-hydrogen) atoms. The standard InChI is InChI=1S/C16H26N2/c1-2-3-7-15-8-5-4-6-13-18(15)16-11-9-14(17)10-12-16/h9-12,15H,2-8,13,17H2,1H3. The third-order valence-corrected chi connectivity index (χ3v) is 3.99. The third kappa shape index (κ3) is 3.41. The van der Waals surface area contributed by atoms with Gasteiger partial charge in [-0.25, -0.2) is 0 Å². The van der Waals surface area contributed by atoms with Gasteiger partial charge >= 0.3 is 0 Å². The molecule has 1 heterocycles. The van der Waals surface area contributed by atoms with Crippen molar-refractivity contribution in [1.29, 1.82) is 0 Å². The zero-order chi connectivity index (χ0) is 12.8. The first-order valence-corrected chi connectivity index (χ1v) is 7.43. The van der Waals surface area contributed by atoms with Gasteiger partial charge in [-0.15, -0.1) is 0 Å². The molecule has 1 saturated heterocycles. The number of hydrogen-bond acceptors (Lipinski definition) is 2. The number of hydrogen-bond donors (Lipinski definition) is 1. The Morgan fingerprint density at radius 1 is 1.17 bits per heavy atom. The van der Waals surface area contributed by atoms with Crippen LogP contribution in [0.4, 0.5) is 11.4 Å². The van der Waals surface area contributed by atoms with E-state index in [1.807, 2.05) is 12.1 Å². The second kappa shape index (κ2) is 6.67. The number of unbranched alkanes of at least 4 members (excludes halogenated alkanes) is 1. The SMILES string of the molecule is CCCCC1CCCCCN1c1ccc(N)cc1. The Morgan fingerprint density at radius 3 is 2.67 bits per heavy atom. The lowest BCUT2D eigenvalue weighted by molar-refractivity contribution is 0.512. The van der Waals surface area contributed by atoms with Crippen LogP contribution >= 0.6 is 0 Å². The van der Waals surface area contributed by atoms with E-state index in [1.165, 1.54) is 57.2 Å². The fourth-order valence-corrected chi connectivity index (χ4v) is 2.92. The number of rotatable bonds is 4. The van der Waals surface area contributed by atoms with Crippen molar-refractivity contribution in [1.82, 2.24) is 0 Å². The zero-order valence-corrected chi connectivity index (χ0v) is 11.6. The second-order valence-electron chi connectivity index (χ2n) is 5.43. The van der Waals surface area contributed by atoms with Crippen LogP contribution in [0.5, 0.6) is 0 Å². The van der Waals surface area contributed by atoms with E-state index in [9.17, 15) is 0 Å². The molecule has 1 aromatic rings. The molecule has 2 heteroatoms. The van der Waals surface area contributed by atoms with Gasteiger partial charge in [-0.3, -0.25) is 0 Å². The van der Waals surface area contributed by atoms with Crippen LogP contribution < -0.4 is 10.6 Å². The zero-order valence-electron chi connectivity index (χ0n) is 11.6. The Morgan fingerprint density at radius 2 is 1.94 bits per heavy atom. The predicted molar refractivity (Wildman–Crippen MR) is 80.0 cm³/mol. The maximum absolute atomic E-state index is 5.78. The first-order valence-electron chi connectivity index (χ1n) is 7.43. The minimum absolute atomic E-state index is 0.732. The summed E-state index contributed by atoms with van der Waals surface area (Å²) in [6.07, 6.45) is 9.43. The molecule has 1 aliphatic rings. The molecule has 1 aromatic carbocycles. The molecule has 1 atom stereocenters. The molecule has 1 unspecified atom stereocenters. The first kappa shape index (κ1) is 13.3. The molecular formula is C16H26N2. The monoisotopic (exact) mass is 246 g/mol. The predicted octanol–water partition coefficient (Wildman–Crippen LogP) is 4.21. The van der Waals surface area contributed by atoms with Crippen LogP contribution in [-0.4, -0.2) is 12.6 Å². The van der Waals surface area contributed by atoms with Crippen molar-refractivity contribution < 1.29 is 0 Å². The summed E-state index contributed by atoms with van der Waals surface area (Å²) in [5, 5.41) is 0. The number of nitrogens with two attached hydrogens (primary N) is 1. The largest absolute Gasteiger partial charge is 0.399 e. The number of nitrogens with zero attached hydrogens (tertiary/aromatic N) is 1. The van der Waals surface area contributed by atoms with E-state index in [1.54, 1.807) is 0 Å². The molecule has 0 aromatic heterocycles. The highest BCUT2D eigenvalue weighted by Crippen LogP contribution is 2.27. The van der Waals surface area contributed by atoms with E-state index in [4.69, 9.17) is 5.73 Å². The van der Waals surface area contributed by atoms with E-state index in [-0.39, 0.29) is 0 Å². The van der Waals surface area contributed by atoms with Crippen LogP contribution in [0.15, 0.2) is 24.3 Å². The molecule has 2 N–H and O–H groups in total. The number of benzene rings is 1. The van der Waals surface area contributed by atoms with Crippen LogP contribution in [0.3, 0.4) is 0 Å². The van der Waals surface area contributed by atoms with Gasteiger partial charge in [0.25, 0.3) is 0 Å². The quantitative estimate of drug-likeness (QED) is 0.806. The highest BCUT2D eigenvalue weighted by molar-refractivity contribution is 5.53. The van der Waals surface area contributed by atoms with Crippen molar-refractivity contribution in [3.63, 3.8) is 0 Å². The van der Waals surface area contributed by atoms with Crippen LogP contribution in [0, 0.1) is 0 Å². The molecule has 0 spiro atoms. The van der Waals surface area contributed by atoms with Crippen molar-refractivity contribution in [2.75, 3.05) is 17.2 Å². The van der Waals surface area contributed by atoms with E-state index in [0.29, 0.717) is 0 Å². The molecule has 0 aliphatic carbocycles. The van der Waals surface area contributed by atoms with Crippen molar-refractivity contribution >= 4 is 11.4 Å². The third-order valence-electron chi connectivity index (χ3n) is 3.99. The minimum atomic E-state index is 0.732. The highest BCUT2D eigenvalue weighted by atomic mass is 15.2. The Kier molecular flexibility index (Phi) is 4.91. The van der Waals surface area contributed by atoms with Gasteiger partial charge in [-0.2, -0.15) is 0 Å². The molecule has 1 fully saturated rings. The Hall–Kier alpha value is -1.18. The summed E-state index contributed by atoms with van der Waals surface area (Å²) in [7, 11) is 0. The Balaban J connectivity index is 2.11. The molecule has 0 amide bonds. The number of anilines is 2. The van der Waals surface area contributed by atoms with Gasteiger partial charge in [-0.1, -0.05) is 32.6 Å². The normalized spacial score (nSPS) is 20.7. The average Bonchev–Trinajstić information content (AvgIpc) is 2.62. The van der Waals surface area contributed by atoms with Crippen molar-refractivity contribution in [3.8, 4) is 0 Å². The van der Waals surface area contributed by atoms with E-state index < -0.39 is 0 Å².